The summed E-state index contributed by atoms with van der Waals surface area (Å²) in [5.41, 5.74) is 0.294. The van der Waals surface area contributed by atoms with Crippen LogP contribution < -0.4 is 5.32 Å². The number of benzene rings is 1. The van der Waals surface area contributed by atoms with E-state index in [9.17, 15) is 18.0 Å². The molecule has 0 bridgehead atoms. The monoisotopic (exact) mass is 351 g/mol. The van der Waals surface area contributed by atoms with Crippen molar-refractivity contribution in [3.8, 4) is 0 Å². The molecule has 0 fully saturated rings. The molecule has 0 unspecified atom stereocenters. The van der Waals surface area contributed by atoms with Gasteiger partial charge >= 0.3 is 5.97 Å². The summed E-state index contributed by atoms with van der Waals surface area (Å²) >= 11 is 0. The van der Waals surface area contributed by atoms with Gasteiger partial charge in [0.25, 0.3) is 5.91 Å². The van der Waals surface area contributed by atoms with Crippen molar-refractivity contribution in [2.45, 2.75) is 30.5 Å². The molecule has 0 aliphatic heterocycles. The summed E-state index contributed by atoms with van der Waals surface area (Å²) in [6.07, 6.45) is 0. The number of amides is 1. The summed E-state index contributed by atoms with van der Waals surface area (Å²) in [6.45, 7) is 3.20. The summed E-state index contributed by atoms with van der Waals surface area (Å²) < 4.78 is 29.1. The highest BCUT2D eigenvalue weighted by Gasteiger charge is 2.19. The van der Waals surface area contributed by atoms with Crippen LogP contribution >= 0.6 is 0 Å². The molecule has 8 heteroatoms. The van der Waals surface area contributed by atoms with Gasteiger partial charge in [0, 0.05) is 5.56 Å². The third-order valence-corrected chi connectivity index (χ3v) is 5.53. The Bertz CT molecular complexity index is 849. The van der Waals surface area contributed by atoms with E-state index < -0.39 is 27.0 Å². The Labute approximate surface area is 139 Å². The van der Waals surface area contributed by atoms with Crippen LogP contribution in [0.2, 0.25) is 0 Å². The van der Waals surface area contributed by atoms with E-state index in [0.29, 0.717) is 11.3 Å². The Morgan fingerprint density at radius 3 is 2.25 bits per heavy atom. The fourth-order valence-corrected chi connectivity index (χ4v) is 2.99. The lowest BCUT2D eigenvalue weighted by Gasteiger charge is -2.08. The maximum atomic E-state index is 12.0. The van der Waals surface area contributed by atoms with Crippen molar-refractivity contribution in [3.05, 3.63) is 53.5 Å². The van der Waals surface area contributed by atoms with E-state index in [-0.39, 0.29) is 17.2 Å². The second-order valence-electron chi connectivity index (χ2n) is 5.37. The minimum Gasteiger partial charge on any atom is -0.475 e. The van der Waals surface area contributed by atoms with Crippen LogP contribution in [0.25, 0.3) is 0 Å². The first kappa shape index (κ1) is 17.7. The molecule has 0 atom stereocenters. The van der Waals surface area contributed by atoms with Gasteiger partial charge in [0.15, 0.2) is 9.84 Å². The highest BCUT2D eigenvalue weighted by atomic mass is 32.2. The van der Waals surface area contributed by atoms with Crippen molar-refractivity contribution >= 4 is 21.7 Å². The first-order chi connectivity index (χ1) is 11.2. The van der Waals surface area contributed by atoms with Crippen molar-refractivity contribution in [1.29, 1.82) is 0 Å². The molecule has 0 saturated carbocycles. The van der Waals surface area contributed by atoms with Crippen molar-refractivity contribution in [1.82, 2.24) is 5.32 Å². The van der Waals surface area contributed by atoms with Gasteiger partial charge in [-0.3, -0.25) is 4.79 Å². The number of aromatic carboxylic acids is 1. The molecule has 24 heavy (non-hydrogen) atoms. The molecule has 2 N–H and O–H groups in total. The molecule has 1 amide bonds. The summed E-state index contributed by atoms with van der Waals surface area (Å²) in [7, 11) is -3.38. The van der Waals surface area contributed by atoms with E-state index >= 15 is 0 Å². The number of sulfone groups is 1. The van der Waals surface area contributed by atoms with Crippen LogP contribution in [0.15, 0.2) is 45.7 Å². The lowest BCUT2D eigenvalue weighted by Crippen LogP contribution is -2.22. The quantitative estimate of drug-likeness (QED) is 0.824. The Morgan fingerprint density at radius 1 is 1.12 bits per heavy atom. The van der Waals surface area contributed by atoms with Gasteiger partial charge in [0.2, 0.25) is 5.76 Å². The van der Waals surface area contributed by atoms with E-state index in [1.165, 1.54) is 36.4 Å². The summed E-state index contributed by atoms with van der Waals surface area (Å²) in [4.78, 5) is 22.9. The molecule has 0 spiro atoms. The Morgan fingerprint density at radius 2 is 1.75 bits per heavy atom. The molecule has 2 rings (SSSR count). The predicted octanol–water partition coefficient (Wildman–Crippen LogP) is 2.09. The molecular weight excluding hydrogens is 334 g/mol. The number of carboxylic acids is 1. The van der Waals surface area contributed by atoms with Crippen molar-refractivity contribution in [2.75, 3.05) is 0 Å². The second kappa shape index (κ2) is 6.88. The number of hydrogen-bond donors (Lipinski definition) is 2. The summed E-state index contributed by atoms with van der Waals surface area (Å²) in [5.74, 6) is -1.51. The number of rotatable bonds is 6. The average Bonchev–Trinajstić information content (AvgIpc) is 3.02. The molecular formula is C16H17NO6S. The molecule has 0 aliphatic rings. The van der Waals surface area contributed by atoms with Gasteiger partial charge < -0.3 is 14.8 Å². The molecule has 1 aromatic carbocycles. The fraction of sp³-hybridized carbons (Fsp3) is 0.250. The number of carbonyl (C=O) groups excluding carboxylic acids is 1. The van der Waals surface area contributed by atoms with Crippen LogP contribution in [-0.4, -0.2) is 30.7 Å². The van der Waals surface area contributed by atoms with Gasteiger partial charge in [-0.15, -0.1) is 0 Å². The third kappa shape index (κ3) is 3.83. The molecule has 0 aliphatic carbocycles. The first-order valence-corrected chi connectivity index (χ1v) is 8.70. The minimum atomic E-state index is -3.38. The minimum absolute atomic E-state index is 0.0259. The van der Waals surface area contributed by atoms with Gasteiger partial charge in [0.05, 0.1) is 16.7 Å². The molecule has 1 aromatic heterocycles. The van der Waals surface area contributed by atoms with Crippen LogP contribution in [-0.2, 0) is 16.4 Å². The van der Waals surface area contributed by atoms with E-state index in [2.05, 4.69) is 5.32 Å². The standard InChI is InChI=1S/C16H17NO6S/c1-10(2)24(21,22)13-6-3-11(4-7-13)15(18)17-9-12-5-8-14(23-12)16(19)20/h3-8,10H,9H2,1-2H3,(H,17,18)(H,19,20). The van der Waals surface area contributed by atoms with Crippen LogP contribution in [0.4, 0.5) is 0 Å². The summed E-state index contributed by atoms with van der Waals surface area (Å²) in [6, 6.07) is 8.39. The number of nitrogens with one attached hydrogen (secondary N) is 1. The average molecular weight is 351 g/mol. The molecule has 128 valence electrons. The smallest absolute Gasteiger partial charge is 0.371 e. The number of hydrogen-bond acceptors (Lipinski definition) is 5. The topological polar surface area (TPSA) is 114 Å². The van der Waals surface area contributed by atoms with Gasteiger partial charge in [0.1, 0.15) is 5.76 Å². The predicted molar refractivity (Wildman–Crippen MR) is 85.6 cm³/mol. The van der Waals surface area contributed by atoms with Gasteiger partial charge in [-0.1, -0.05) is 0 Å². The zero-order valence-electron chi connectivity index (χ0n) is 13.1. The zero-order chi connectivity index (χ0) is 17.9. The van der Waals surface area contributed by atoms with Crippen molar-refractivity contribution < 1.29 is 27.5 Å². The Hall–Kier alpha value is -2.61. The number of carboxylic acid groups (broad SMARTS) is 1. The van der Waals surface area contributed by atoms with Crippen LogP contribution in [0.5, 0.6) is 0 Å². The van der Waals surface area contributed by atoms with Gasteiger partial charge in [-0.05, 0) is 50.2 Å². The van der Waals surface area contributed by atoms with Crippen LogP contribution in [0, 0.1) is 0 Å². The Balaban J connectivity index is 2.03. The zero-order valence-corrected chi connectivity index (χ0v) is 14.0. The number of carbonyl (C=O) groups is 2. The first-order valence-electron chi connectivity index (χ1n) is 7.16. The van der Waals surface area contributed by atoms with E-state index in [0.717, 1.165) is 0 Å². The maximum absolute atomic E-state index is 12.0. The third-order valence-electron chi connectivity index (χ3n) is 3.36. The molecule has 2 aromatic rings. The highest BCUT2D eigenvalue weighted by Crippen LogP contribution is 2.16. The fourth-order valence-electron chi connectivity index (χ4n) is 1.93. The van der Waals surface area contributed by atoms with E-state index in [4.69, 9.17) is 9.52 Å². The molecule has 7 nitrogen and oxygen atoms in total. The summed E-state index contributed by atoms with van der Waals surface area (Å²) in [5, 5.41) is 10.8. The number of furan rings is 1. The molecule has 0 saturated heterocycles. The molecule has 0 radical (unpaired) electrons. The normalized spacial score (nSPS) is 11.5. The lowest BCUT2D eigenvalue weighted by atomic mass is 10.2. The highest BCUT2D eigenvalue weighted by molar-refractivity contribution is 7.92. The second-order valence-corrected chi connectivity index (χ2v) is 7.88. The van der Waals surface area contributed by atoms with Gasteiger partial charge in [-0.2, -0.15) is 0 Å². The van der Waals surface area contributed by atoms with Crippen molar-refractivity contribution in [3.63, 3.8) is 0 Å². The van der Waals surface area contributed by atoms with Crippen molar-refractivity contribution in [2.24, 2.45) is 0 Å². The SMILES string of the molecule is CC(C)S(=O)(=O)c1ccc(C(=O)NCc2ccc(C(=O)O)o2)cc1. The van der Waals surface area contributed by atoms with E-state index in [1.54, 1.807) is 13.8 Å². The van der Waals surface area contributed by atoms with Crippen LogP contribution in [0.1, 0.15) is 40.5 Å². The van der Waals surface area contributed by atoms with E-state index in [1.807, 2.05) is 0 Å². The largest absolute Gasteiger partial charge is 0.475 e. The molecule has 1 heterocycles. The Kier molecular flexibility index (Phi) is 5.08. The van der Waals surface area contributed by atoms with Crippen LogP contribution in [0.3, 0.4) is 0 Å². The maximum Gasteiger partial charge on any atom is 0.371 e. The van der Waals surface area contributed by atoms with Gasteiger partial charge in [-0.25, -0.2) is 13.2 Å². The lowest BCUT2D eigenvalue weighted by molar-refractivity contribution is 0.0660.